The van der Waals surface area contributed by atoms with Crippen molar-refractivity contribution in [3.05, 3.63) is 63.7 Å². The molecule has 0 amide bonds. The third-order valence-corrected chi connectivity index (χ3v) is 4.35. The van der Waals surface area contributed by atoms with E-state index in [1.165, 1.54) is 5.56 Å². The Hall–Kier alpha value is -1.51. The SMILES string of the molecule is Cc1c(Cl)cccc1C(N)c1ccc2c(c1)CCCO2. The molecule has 1 aliphatic rings. The van der Waals surface area contributed by atoms with E-state index in [1.807, 2.05) is 31.2 Å². The van der Waals surface area contributed by atoms with E-state index >= 15 is 0 Å². The molecule has 3 heteroatoms. The molecule has 2 aromatic rings. The van der Waals surface area contributed by atoms with Crippen molar-refractivity contribution in [1.82, 2.24) is 0 Å². The molecule has 2 aromatic carbocycles. The molecule has 0 radical (unpaired) electrons. The van der Waals surface area contributed by atoms with Crippen LogP contribution < -0.4 is 10.5 Å². The van der Waals surface area contributed by atoms with E-state index in [2.05, 4.69) is 12.1 Å². The second-order valence-electron chi connectivity index (χ2n) is 5.25. The standard InChI is InChI=1S/C17H18ClNO/c1-11-14(5-2-6-15(11)18)17(19)13-7-8-16-12(10-13)4-3-9-20-16/h2,5-8,10,17H,3-4,9,19H2,1H3. The molecular formula is C17H18ClNO. The zero-order valence-corrected chi connectivity index (χ0v) is 12.3. The molecule has 1 unspecified atom stereocenters. The van der Waals surface area contributed by atoms with E-state index in [0.717, 1.165) is 46.9 Å². The molecule has 20 heavy (non-hydrogen) atoms. The van der Waals surface area contributed by atoms with E-state index in [0.29, 0.717) is 0 Å². The summed E-state index contributed by atoms with van der Waals surface area (Å²) in [5.41, 5.74) is 10.9. The number of ether oxygens (including phenoxy) is 1. The van der Waals surface area contributed by atoms with Gasteiger partial charge in [0.25, 0.3) is 0 Å². The summed E-state index contributed by atoms with van der Waals surface area (Å²) in [6.45, 7) is 2.82. The molecule has 1 aliphatic heterocycles. The number of hydrogen-bond acceptors (Lipinski definition) is 2. The number of hydrogen-bond donors (Lipinski definition) is 1. The molecule has 0 bridgehead atoms. The number of nitrogens with two attached hydrogens (primary N) is 1. The van der Waals surface area contributed by atoms with Crippen LogP contribution in [-0.4, -0.2) is 6.61 Å². The topological polar surface area (TPSA) is 35.2 Å². The first-order chi connectivity index (χ1) is 9.66. The average Bonchev–Trinajstić information content (AvgIpc) is 2.49. The minimum Gasteiger partial charge on any atom is -0.493 e. The van der Waals surface area contributed by atoms with Gasteiger partial charge in [0.05, 0.1) is 12.6 Å². The van der Waals surface area contributed by atoms with Crippen molar-refractivity contribution in [3.8, 4) is 5.75 Å². The normalized spacial score (nSPS) is 15.3. The minimum atomic E-state index is -0.152. The van der Waals surface area contributed by atoms with Crippen molar-refractivity contribution in [3.63, 3.8) is 0 Å². The highest BCUT2D eigenvalue weighted by Crippen LogP contribution is 2.31. The second-order valence-corrected chi connectivity index (χ2v) is 5.66. The van der Waals surface area contributed by atoms with Crippen LogP contribution in [0.2, 0.25) is 5.02 Å². The first-order valence-electron chi connectivity index (χ1n) is 6.93. The van der Waals surface area contributed by atoms with Gasteiger partial charge in [0.2, 0.25) is 0 Å². The van der Waals surface area contributed by atoms with Gasteiger partial charge < -0.3 is 10.5 Å². The largest absolute Gasteiger partial charge is 0.493 e. The fourth-order valence-electron chi connectivity index (χ4n) is 2.71. The molecule has 2 nitrogen and oxygen atoms in total. The smallest absolute Gasteiger partial charge is 0.122 e. The van der Waals surface area contributed by atoms with Gasteiger partial charge in [-0.2, -0.15) is 0 Å². The van der Waals surface area contributed by atoms with Crippen LogP contribution in [0.4, 0.5) is 0 Å². The van der Waals surface area contributed by atoms with Crippen LogP contribution >= 0.6 is 11.6 Å². The van der Waals surface area contributed by atoms with Gasteiger partial charge in [-0.1, -0.05) is 35.9 Å². The maximum Gasteiger partial charge on any atom is 0.122 e. The highest BCUT2D eigenvalue weighted by Gasteiger charge is 2.16. The lowest BCUT2D eigenvalue weighted by atomic mass is 9.93. The molecular weight excluding hydrogens is 270 g/mol. The van der Waals surface area contributed by atoms with E-state index in [4.69, 9.17) is 22.1 Å². The molecule has 0 fully saturated rings. The Kier molecular flexibility index (Phi) is 3.68. The highest BCUT2D eigenvalue weighted by atomic mass is 35.5. The Balaban J connectivity index is 1.98. The van der Waals surface area contributed by atoms with Crippen LogP contribution in [-0.2, 0) is 6.42 Å². The zero-order chi connectivity index (χ0) is 14.1. The number of halogens is 1. The van der Waals surface area contributed by atoms with Gasteiger partial charge in [0.1, 0.15) is 5.75 Å². The Labute approximate surface area is 124 Å². The number of benzene rings is 2. The van der Waals surface area contributed by atoms with Crippen molar-refractivity contribution in [2.75, 3.05) is 6.61 Å². The summed E-state index contributed by atoms with van der Waals surface area (Å²) in [6.07, 6.45) is 2.13. The monoisotopic (exact) mass is 287 g/mol. The maximum absolute atomic E-state index is 6.42. The molecule has 2 N–H and O–H groups in total. The minimum absolute atomic E-state index is 0.152. The molecule has 0 saturated heterocycles. The second kappa shape index (κ2) is 5.47. The van der Waals surface area contributed by atoms with Crippen LogP contribution in [0.3, 0.4) is 0 Å². The van der Waals surface area contributed by atoms with Crippen LogP contribution in [0, 0.1) is 6.92 Å². The predicted octanol–water partition coefficient (Wildman–Crippen LogP) is 4.02. The van der Waals surface area contributed by atoms with Crippen molar-refractivity contribution < 1.29 is 4.74 Å². The summed E-state index contributed by atoms with van der Waals surface area (Å²) in [7, 11) is 0. The van der Waals surface area contributed by atoms with Crippen molar-refractivity contribution >= 4 is 11.6 Å². The molecule has 104 valence electrons. The summed E-state index contributed by atoms with van der Waals surface area (Å²) in [4.78, 5) is 0. The van der Waals surface area contributed by atoms with Crippen molar-refractivity contribution in [2.45, 2.75) is 25.8 Å². The first-order valence-corrected chi connectivity index (χ1v) is 7.31. The van der Waals surface area contributed by atoms with E-state index < -0.39 is 0 Å². The Bertz CT molecular complexity index is 639. The quantitative estimate of drug-likeness (QED) is 0.905. The third kappa shape index (κ3) is 2.41. The third-order valence-electron chi connectivity index (χ3n) is 3.94. The van der Waals surface area contributed by atoms with Gasteiger partial charge in [0, 0.05) is 5.02 Å². The highest BCUT2D eigenvalue weighted by molar-refractivity contribution is 6.31. The zero-order valence-electron chi connectivity index (χ0n) is 11.5. The molecule has 0 aliphatic carbocycles. The summed E-state index contributed by atoms with van der Waals surface area (Å²) in [6, 6.07) is 12.0. The Morgan fingerprint density at radius 3 is 2.95 bits per heavy atom. The average molecular weight is 288 g/mol. The molecule has 0 spiro atoms. The van der Waals surface area contributed by atoms with Gasteiger partial charge in [0.15, 0.2) is 0 Å². The van der Waals surface area contributed by atoms with E-state index in [-0.39, 0.29) is 6.04 Å². The van der Waals surface area contributed by atoms with Crippen LogP contribution in [0.15, 0.2) is 36.4 Å². The summed E-state index contributed by atoms with van der Waals surface area (Å²) < 4.78 is 5.64. The Morgan fingerprint density at radius 1 is 1.25 bits per heavy atom. The Morgan fingerprint density at radius 2 is 2.10 bits per heavy atom. The van der Waals surface area contributed by atoms with Gasteiger partial charge in [-0.25, -0.2) is 0 Å². The lowest BCUT2D eigenvalue weighted by Crippen LogP contribution is -2.15. The van der Waals surface area contributed by atoms with Crippen LogP contribution in [0.5, 0.6) is 5.75 Å². The molecule has 1 atom stereocenters. The lowest BCUT2D eigenvalue weighted by Gasteiger charge is -2.21. The first kappa shape index (κ1) is 13.5. The van der Waals surface area contributed by atoms with Crippen molar-refractivity contribution in [1.29, 1.82) is 0 Å². The van der Waals surface area contributed by atoms with Gasteiger partial charge in [-0.15, -0.1) is 0 Å². The predicted molar refractivity (Wildman–Crippen MR) is 82.5 cm³/mol. The molecule has 0 aromatic heterocycles. The van der Waals surface area contributed by atoms with E-state index in [1.54, 1.807) is 0 Å². The summed E-state index contributed by atoms with van der Waals surface area (Å²) >= 11 is 6.19. The van der Waals surface area contributed by atoms with Gasteiger partial charge in [-0.3, -0.25) is 0 Å². The van der Waals surface area contributed by atoms with Crippen LogP contribution in [0.1, 0.15) is 34.7 Å². The van der Waals surface area contributed by atoms with Gasteiger partial charge in [-0.05, 0) is 54.2 Å². The number of aryl methyl sites for hydroxylation is 1. The fraction of sp³-hybridized carbons (Fsp3) is 0.294. The van der Waals surface area contributed by atoms with Crippen LogP contribution in [0.25, 0.3) is 0 Å². The summed E-state index contributed by atoms with van der Waals surface area (Å²) in [5.74, 6) is 0.995. The van der Waals surface area contributed by atoms with E-state index in [9.17, 15) is 0 Å². The summed E-state index contributed by atoms with van der Waals surface area (Å²) in [5, 5.41) is 0.763. The lowest BCUT2D eigenvalue weighted by molar-refractivity contribution is 0.288. The maximum atomic E-state index is 6.42. The number of rotatable bonds is 2. The molecule has 0 saturated carbocycles. The van der Waals surface area contributed by atoms with Crippen molar-refractivity contribution in [2.24, 2.45) is 5.73 Å². The number of fused-ring (bicyclic) bond motifs is 1. The van der Waals surface area contributed by atoms with Gasteiger partial charge >= 0.3 is 0 Å². The molecule has 3 rings (SSSR count). The fourth-order valence-corrected chi connectivity index (χ4v) is 2.90. The molecule has 1 heterocycles.